The highest BCUT2D eigenvalue weighted by Gasteiger charge is 2.13. The van der Waals surface area contributed by atoms with Gasteiger partial charge in [0, 0.05) is 24.6 Å². The monoisotopic (exact) mass is 435 g/mol. The van der Waals surface area contributed by atoms with E-state index >= 15 is 0 Å². The van der Waals surface area contributed by atoms with Crippen molar-refractivity contribution in [1.29, 1.82) is 0 Å². The molecule has 0 aliphatic carbocycles. The van der Waals surface area contributed by atoms with Gasteiger partial charge in [0.2, 0.25) is 5.75 Å². The number of nitrogens with zero attached hydrogens (tertiary/aromatic N) is 1. The van der Waals surface area contributed by atoms with Crippen LogP contribution >= 0.6 is 11.8 Å². The second kappa shape index (κ2) is 12.8. The molecule has 2 aromatic carbocycles. The van der Waals surface area contributed by atoms with Crippen LogP contribution in [0.1, 0.15) is 18.1 Å². The molecule has 0 aliphatic rings. The first-order valence-corrected chi connectivity index (χ1v) is 10.9. The highest BCUT2D eigenvalue weighted by atomic mass is 32.2. The first kappa shape index (κ1) is 23.7. The van der Waals surface area contributed by atoms with Gasteiger partial charge in [0.1, 0.15) is 5.82 Å². The lowest BCUT2D eigenvalue weighted by Gasteiger charge is -2.14. The van der Waals surface area contributed by atoms with E-state index in [4.69, 9.17) is 14.2 Å². The molecule has 0 saturated carbocycles. The Morgan fingerprint density at radius 3 is 2.33 bits per heavy atom. The molecule has 0 saturated heterocycles. The van der Waals surface area contributed by atoms with Crippen molar-refractivity contribution in [3.8, 4) is 17.2 Å². The quantitative estimate of drug-likeness (QED) is 0.318. The van der Waals surface area contributed by atoms with Crippen LogP contribution in [0, 0.1) is 5.82 Å². The number of rotatable bonds is 11. The van der Waals surface area contributed by atoms with E-state index in [0.29, 0.717) is 29.5 Å². The van der Waals surface area contributed by atoms with Gasteiger partial charge < -0.3 is 24.8 Å². The second-order valence-corrected chi connectivity index (χ2v) is 7.40. The van der Waals surface area contributed by atoms with Crippen LogP contribution in [-0.4, -0.2) is 46.1 Å². The lowest BCUT2D eigenvalue weighted by Crippen LogP contribution is -2.38. The number of benzene rings is 2. The van der Waals surface area contributed by atoms with E-state index in [1.807, 2.05) is 31.2 Å². The Morgan fingerprint density at radius 1 is 1.03 bits per heavy atom. The molecule has 164 valence electrons. The van der Waals surface area contributed by atoms with Gasteiger partial charge >= 0.3 is 0 Å². The molecule has 0 aromatic heterocycles. The molecule has 8 heteroatoms. The van der Waals surface area contributed by atoms with Crippen LogP contribution in [0.25, 0.3) is 0 Å². The summed E-state index contributed by atoms with van der Waals surface area (Å²) in [5, 5.41) is 6.54. The second-order valence-electron chi connectivity index (χ2n) is 6.30. The van der Waals surface area contributed by atoms with Crippen LogP contribution < -0.4 is 24.8 Å². The molecule has 0 atom stereocenters. The Bertz CT molecular complexity index is 808. The Kier molecular flexibility index (Phi) is 10.1. The standard InChI is InChI=1S/C22H30FN3O3S/c1-5-24-22(25-10-11-30-15-17-8-6-7-9-18(17)23)26-14-16-12-19(27-2)21(29-4)20(13-16)28-3/h6-9,12-13H,5,10-11,14-15H2,1-4H3,(H2,24,25,26). The fourth-order valence-corrected chi connectivity index (χ4v) is 3.62. The number of thioether (sulfide) groups is 1. The number of nitrogens with one attached hydrogen (secondary N) is 2. The zero-order valence-electron chi connectivity index (χ0n) is 18.0. The van der Waals surface area contributed by atoms with Gasteiger partial charge in [0.15, 0.2) is 17.5 Å². The summed E-state index contributed by atoms with van der Waals surface area (Å²) in [6.45, 7) is 3.95. The smallest absolute Gasteiger partial charge is 0.203 e. The molecule has 0 unspecified atom stereocenters. The van der Waals surface area contributed by atoms with Crippen LogP contribution in [0.5, 0.6) is 17.2 Å². The topological polar surface area (TPSA) is 64.1 Å². The average Bonchev–Trinajstić information content (AvgIpc) is 2.77. The molecule has 30 heavy (non-hydrogen) atoms. The minimum Gasteiger partial charge on any atom is -0.493 e. The third-order valence-electron chi connectivity index (χ3n) is 4.24. The Hall–Kier alpha value is -2.61. The van der Waals surface area contributed by atoms with Gasteiger partial charge in [-0.25, -0.2) is 9.38 Å². The zero-order valence-corrected chi connectivity index (χ0v) is 18.8. The molecule has 2 aromatic rings. The van der Waals surface area contributed by atoms with Crippen molar-refractivity contribution in [2.45, 2.75) is 19.2 Å². The number of hydrogen-bond acceptors (Lipinski definition) is 5. The summed E-state index contributed by atoms with van der Waals surface area (Å²) in [5.74, 6) is 3.81. The van der Waals surface area contributed by atoms with Gasteiger partial charge in [0.25, 0.3) is 0 Å². The molecule has 0 bridgehead atoms. The molecule has 0 aliphatic heterocycles. The Balaban J connectivity index is 1.91. The third-order valence-corrected chi connectivity index (χ3v) is 5.25. The van der Waals surface area contributed by atoms with Crippen molar-refractivity contribution in [2.24, 2.45) is 4.99 Å². The Labute approximate surface area is 182 Å². The van der Waals surface area contributed by atoms with E-state index < -0.39 is 0 Å². The van der Waals surface area contributed by atoms with E-state index in [1.165, 1.54) is 6.07 Å². The van der Waals surface area contributed by atoms with E-state index in [1.54, 1.807) is 39.2 Å². The lowest BCUT2D eigenvalue weighted by molar-refractivity contribution is 0.324. The van der Waals surface area contributed by atoms with E-state index in [2.05, 4.69) is 15.6 Å². The minimum absolute atomic E-state index is 0.154. The molecule has 0 fully saturated rings. The maximum absolute atomic E-state index is 13.7. The summed E-state index contributed by atoms with van der Waals surface area (Å²) in [6, 6.07) is 10.7. The molecule has 0 amide bonds. The highest BCUT2D eigenvalue weighted by molar-refractivity contribution is 7.98. The predicted molar refractivity (Wildman–Crippen MR) is 121 cm³/mol. The molecular formula is C22H30FN3O3S. The van der Waals surface area contributed by atoms with Crippen LogP contribution in [0.15, 0.2) is 41.4 Å². The van der Waals surface area contributed by atoms with Crippen LogP contribution in [0.3, 0.4) is 0 Å². The van der Waals surface area contributed by atoms with Gasteiger partial charge in [-0.2, -0.15) is 11.8 Å². The average molecular weight is 436 g/mol. The fraction of sp³-hybridized carbons (Fsp3) is 0.409. The van der Waals surface area contributed by atoms with Crippen molar-refractivity contribution < 1.29 is 18.6 Å². The SMILES string of the molecule is CCNC(=NCc1cc(OC)c(OC)c(OC)c1)NCCSCc1ccccc1F. The van der Waals surface area contributed by atoms with Crippen LogP contribution in [0.2, 0.25) is 0 Å². The summed E-state index contributed by atoms with van der Waals surface area (Å²) in [4.78, 5) is 4.63. The van der Waals surface area contributed by atoms with Crippen molar-refractivity contribution in [1.82, 2.24) is 10.6 Å². The van der Waals surface area contributed by atoms with Gasteiger partial charge in [-0.15, -0.1) is 0 Å². The summed E-state index contributed by atoms with van der Waals surface area (Å²) in [6.07, 6.45) is 0. The van der Waals surface area contributed by atoms with E-state index in [-0.39, 0.29) is 5.82 Å². The normalized spacial score (nSPS) is 11.2. The number of hydrogen-bond donors (Lipinski definition) is 2. The molecular weight excluding hydrogens is 405 g/mol. The summed E-state index contributed by atoms with van der Waals surface area (Å²) >= 11 is 1.68. The molecule has 0 radical (unpaired) electrons. The van der Waals surface area contributed by atoms with E-state index in [9.17, 15) is 4.39 Å². The first-order valence-electron chi connectivity index (χ1n) is 9.75. The minimum atomic E-state index is -0.154. The van der Waals surface area contributed by atoms with Gasteiger partial charge in [-0.05, 0) is 36.2 Å². The third kappa shape index (κ3) is 7.02. The number of guanidine groups is 1. The first-order chi connectivity index (χ1) is 14.6. The molecule has 0 heterocycles. The van der Waals surface area contributed by atoms with Crippen molar-refractivity contribution in [3.05, 3.63) is 53.3 Å². The fourth-order valence-electron chi connectivity index (χ4n) is 2.78. The maximum atomic E-state index is 13.7. The maximum Gasteiger partial charge on any atom is 0.203 e. The number of aliphatic imine (C=N–C) groups is 1. The van der Waals surface area contributed by atoms with Crippen molar-refractivity contribution in [3.63, 3.8) is 0 Å². The molecule has 2 N–H and O–H groups in total. The number of methoxy groups -OCH3 is 3. The largest absolute Gasteiger partial charge is 0.493 e. The van der Waals surface area contributed by atoms with Gasteiger partial charge in [-0.1, -0.05) is 18.2 Å². The van der Waals surface area contributed by atoms with Crippen LogP contribution in [0.4, 0.5) is 4.39 Å². The molecule has 0 spiro atoms. The number of halogens is 1. The molecule has 2 rings (SSSR count). The lowest BCUT2D eigenvalue weighted by atomic mass is 10.2. The van der Waals surface area contributed by atoms with Gasteiger partial charge in [0.05, 0.1) is 27.9 Å². The summed E-state index contributed by atoms with van der Waals surface area (Å²) in [5.41, 5.74) is 1.67. The zero-order chi connectivity index (χ0) is 21.8. The predicted octanol–water partition coefficient (Wildman–Crippen LogP) is 3.84. The van der Waals surface area contributed by atoms with Crippen molar-refractivity contribution >= 4 is 17.7 Å². The number of ether oxygens (including phenoxy) is 3. The van der Waals surface area contributed by atoms with Crippen LogP contribution in [-0.2, 0) is 12.3 Å². The summed E-state index contributed by atoms with van der Waals surface area (Å²) < 4.78 is 29.8. The van der Waals surface area contributed by atoms with E-state index in [0.717, 1.165) is 35.9 Å². The summed E-state index contributed by atoms with van der Waals surface area (Å²) in [7, 11) is 4.76. The Morgan fingerprint density at radius 2 is 1.73 bits per heavy atom. The highest BCUT2D eigenvalue weighted by Crippen LogP contribution is 2.38. The molecule has 6 nitrogen and oxygen atoms in total. The van der Waals surface area contributed by atoms with Crippen molar-refractivity contribution in [2.75, 3.05) is 40.2 Å². The van der Waals surface area contributed by atoms with Gasteiger partial charge in [-0.3, -0.25) is 0 Å².